The van der Waals surface area contributed by atoms with E-state index in [1.165, 1.54) is 12.0 Å². The highest BCUT2D eigenvalue weighted by Crippen LogP contribution is 2.19. The van der Waals surface area contributed by atoms with Crippen LogP contribution in [0.25, 0.3) is 0 Å². The van der Waals surface area contributed by atoms with Crippen LogP contribution in [0.2, 0.25) is 0 Å². The largest absolute Gasteiger partial charge is 0.465 e. The second-order valence-corrected chi connectivity index (χ2v) is 4.62. The third-order valence-corrected chi connectivity index (χ3v) is 3.35. The molecule has 0 saturated carbocycles. The summed E-state index contributed by atoms with van der Waals surface area (Å²) in [6, 6.07) is 6.03. The number of benzene rings is 1. The number of rotatable bonds is 3. The molecule has 1 N–H and O–H groups in total. The van der Waals surface area contributed by atoms with Gasteiger partial charge < -0.3 is 15.0 Å². The van der Waals surface area contributed by atoms with Crippen LogP contribution in [-0.4, -0.2) is 42.9 Å². The number of nitrogens with zero attached hydrogens (tertiary/aromatic N) is 1. The summed E-state index contributed by atoms with van der Waals surface area (Å²) in [5.41, 5.74) is 0.867. The molecule has 20 heavy (non-hydrogen) atoms. The summed E-state index contributed by atoms with van der Waals surface area (Å²) < 4.78 is 4.62. The molecule has 0 bridgehead atoms. The summed E-state index contributed by atoms with van der Waals surface area (Å²) in [7, 11) is 2.91. The molecule has 0 aromatic heterocycles. The quantitative estimate of drug-likeness (QED) is 0.837. The van der Waals surface area contributed by atoms with E-state index in [9.17, 15) is 14.4 Å². The minimum atomic E-state index is -0.464. The number of carbonyl (C=O) groups is 3. The predicted molar refractivity (Wildman–Crippen MR) is 72.2 cm³/mol. The van der Waals surface area contributed by atoms with Gasteiger partial charge in [0.2, 0.25) is 11.8 Å². The van der Waals surface area contributed by atoms with E-state index in [0.717, 1.165) is 0 Å². The molecule has 1 aliphatic heterocycles. The minimum Gasteiger partial charge on any atom is -0.465 e. The second kappa shape index (κ2) is 5.73. The van der Waals surface area contributed by atoms with Gasteiger partial charge in [0.15, 0.2) is 0 Å². The lowest BCUT2D eigenvalue weighted by atomic mass is 10.1. The SMILES string of the molecule is COC(=O)c1cccc(NC(=O)C2CCC(=O)N2C)c1. The van der Waals surface area contributed by atoms with Gasteiger partial charge in [-0.25, -0.2) is 4.79 Å². The van der Waals surface area contributed by atoms with E-state index < -0.39 is 12.0 Å². The zero-order chi connectivity index (χ0) is 14.7. The number of hydrogen-bond acceptors (Lipinski definition) is 4. The number of amides is 2. The molecule has 6 nitrogen and oxygen atoms in total. The molecule has 1 aromatic rings. The first-order valence-corrected chi connectivity index (χ1v) is 6.28. The number of carbonyl (C=O) groups excluding carboxylic acids is 3. The van der Waals surface area contributed by atoms with Crippen molar-refractivity contribution in [3.63, 3.8) is 0 Å². The normalized spacial score (nSPS) is 18.0. The van der Waals surface area contributed by atoms with Gasteiger partial charge in [0.05, 0.1) is 12.7 Å². The van der Waals surface area contributed by atoms with Gasteiger partial charge in [-0.2, -0.15) is 0 Å². The number of nitrogens with one attached hydrogen (secondary N) is 1. The third kappa shape index (κ3) is 2.79. The Bertz CT molecular complexity index is 556. The van der Waals surface area contributed by atoms with Crippen LogP contribution in [0.3, 0.4) is 0 Å². The lowest BCUT2D eigenvalue weighted by Crippen LogP contribution is -2.38. The smallest absolute Gasteiger partial charge is 0.337 e. The molecule has 2 rings (SSSR count). The van der Waals surface area contributed by atoms with Crippen molar-refractivity contribution in [2.75, 3.05) is 19.5 Å². The number of hydrogen-bond donors (Lipinski definition) is 1. The highest BCUT2D eigenvalue weighted by Gasteiger charge is 2.33. The maximum Gasteiger partial charge on any atom is 0.337 e. The number of anilines is 1. The molecule has 1 aliphatic rings. The summed E-state index contributed by atoms with van der Waals surface area (Å²) in [6.07, 6.45) is 0.897. The first-order valence-electron chi connectivity index (χ1n) is 6.28. The Morgan fingerprint density at radius 2 is 2.15 bits per heavy atom. The molecule has 1 aromatic carbocycles. The highest BCUT2D eigenvalue weighted by atomic mass is 16.5. The molecule has 106 valence electrons. The summed E-state index contributed by atoms with van der Waals surface area (Å²) in [4.78, 5) is 36.4. The van der Waals surface area contributed by atoms with Crippen LogP contribution >= 0.6 is 0 Å². The topological polar surface area (TPSA) is 75.7 Å². The molecular weight excluding hydrogens is 260 g/mol. The van der Waals surface area contributed by atoms with Crippen LogP contribution in [0.5, 0.6) is 0 Å². The second-order valence-electron chi connectivity index (χ2n) is 4.62. The zero-order valence-corrected chi connectivity index (χ0v) is 11.4. The molecule has 0 radical (unpaired) electrons. The molecule has 1 atom stereocenters. The van der Waals surface area contributed by atoms with Crippen molar-refractivity contribution in [2.45, 2.75) is 18.9 Å². The number of ether oxygens (including phenoxy) is 1. The van der Waals surface area contributed by atoms with E-state index in [0.29, 0.717) is 24.1 Å². The Balaban J connectivity index is 2.08. The molecule has 6 heteroatoms. The van der Waals surface area contributed by atoms with Crippen molar-refractivity contribution in [1.82, 2.24) is 4.90 Å². The summed E-state index contributed by atoms with van der Waals surface area (Å²) in [6.45, 7) is 0. The molecular formula is C14H16N2O4. The highest BCUT2D eigenvalue weighted by molar-refractivity contribution is 6.00. The van der Waals surface area contributed by atoms with Crippen LogP contribution in [0.1, 0.15) is 23.2 Å². The third-order valence-electron chi connectivity index (χ3n) is 3.35. The van der Waals surface area contributed by atoms with Crippen molar-refractivity contribution in [3.05, 3.63) is 29.8 Å². The number of esters is 1. The zero-order valence-electron chi connectivity index (χ0n) is 11.4. The van der Waals surface area contributed by atoms with E-state index in [-0.39, 0.29) is 11.8 Å². The van der Waals surface area contributed by atoms with Gasteiger partial charge in [-0.15, -0.1) is 0 Å². The molecule has 0 aliphatic carbocycles. The molecule has 1 saturated heterocycles. The summed E-state index contributed by atoms with van der Waals surface area (Å²) >= 11 is 0. The monoisotopic (exact) mass is 276 g/mol. The van der Waals surface area contributed by atoms with Crippen LogP contribution in [-0.2, 0) is 14.3 Å². The summed E-state index contributed by atoms with van der Waals surface area (Å²) in [5.74, 6) is -0.747. The van der Waals surface area contributed by atoms with Gasteiger partial charge in [-0.05, 0) is 24.6 Å². The van der Waals surface area contributed by atoms with Crippen molar-refractivity contribution >= 4 is 23.5 Å². The Hall–Kier alpha value is -2.37. The average molecular weight is 276 g/mol. The molecule has 1 heterocycles. The fraction of sp³-hybridized carbons (Fsp3) is 0.357. The van der Waals surface area contributed by atoms with Crippen molar-refractivity contribution < 1.29 is 19.1 Å². The molecule has 0 spiro atoms. The van der Waals surface area contributed by atoms with Crippen LogP contribution in [0.4, 0.5) is 5.69 Å². The maximum atomic E-state index is 12.1. The molecule has 2 amide bonds. The molecule has 1 unspecified atom stereocenters. The Morgan fingerprint density at radius 3 is 2.75 bits per heavy atom. The Morgan fingerprint density at radius 1 is 1.40 bits per heavy atom. The van der Waals surface area contributed by atoms with Crippen molar-refractivity contribution in [1.29, 1.82) is 0 Å². The van der Waals surface area contributed by atoms with Crippen molar-refractivity contribution in [3.8, 4) is 0 Å². The first kappa shape index (κ1) is 14.0. The Labute approximate surface area is 116 Å². The standard InChI is InChI=1S/C14H16N2O4/c1-16-11(6-7-12(16)17)13(18)15-10-5-3-4-9(8-10)14(19)20-2/h3-5,8,11H,6-7H2,1-2H3,(H,15,18). The predicted octanol–water partition coefficient (Wildman–Crippen LogP) is 1.03. The number of likely N-dealkylation sites (N-methyl/N-ethyl adjacent to an activating group) is 1. The van der Waals surface area contributed by atoms with Crippen LogP contribution in [0.15, 0.2) is 24.3 Å². The fourth-order valence-electron chi connectivity index (χ4n) is 2.18. The van der Waals surface area contributed by atoms with E-state index >= 15 is 0 Å². The van der Waals surface area contributed by atoms with Crippen LogP contribution in [0, 0.1) is 0 Å². The van der Waals surface area contributed by atoms with E-state index in [1.54, 1.807) is 31.3 Å². The van der Waals surface area contributed by atoms with Gasteiger partial charge in [0.1, 0.15) is 6.04 Å². The maximum absolute atomic E-state index is 12.1. The first-order chi connectivity index (χ1) is 9.52. The van der Waals surface area contributed by atoms with E-state index in [2.05, 4.69) is 10.1 Å². The lowest BCUT2D eigenvalue weighted by Gasteiger charge is -2.19. The van der Waals surface area contributed by atoms with E-state index in [1.807, 2.05) is 0 Å². The lowest BCUT2D eigenvalue weighted by molar-refractivity contribution is -0.131. The van der Waals surface area contributed by atoms with Crippen LogP contribution < -0.4 is 5.32 Å². The van der Waals surface area contributed by atoms with Gasteiger partial charge in [0, 0.05) is 19.2 Å². The Kier molecular flexibility index (Phi) is 4.02. The number of methoxy groups -OCH3 is 1. The van der Waals surface area contributed by atoms with Gasteiger partial charge in [-0.3, -0.25) is 9.59 Å². The average Bonchev–Trinajstić information content (AvgIpc) is 2.78. The van der Waals surface area contributed by atoms with E-state index in [4.69, 9.17) is 0 Å². The molecule has 1 fully saturated rings. The van der Waals surface area contributed by atoms with Gasteiger partial charge in [0.25, 0.3) is 0 Å². The fourth-order valence-corrected chi connectivity index (χ4v) is 2.18. The van der Waals surface area contributed by atoms with Crippen molar-refractivity contribution in [2.24, 2.45) is 0 Å². The van der Waals surface area contributed by atoms with Gasteiger partial charge >= 0.3 is 5.97 Å². The minimum absolute atomic E-state index is 0.0338. The van der Waals surface area contributed by atoms with Gasteiger partial charge in [-0.1, -0.05) is 6.07 Å². The number of likely N-dealkylation sites (tertiary alicyclic amines) is 1. The summed E-state index contributed by atoms with van der Waals surface area (Å²) in [5, 5.41) is 2.71.